The molecule has 2 aromatic carbocycles. The molecule has 0 radical (unpaired) electrons. The Morgan fingerprint density at radius 2 is 1.93 bits per heavy atom. The third-order valence-corrected chi connectivity index (χ3v) is 5.13. The summed E-state index contributed by atoms with van der Waals surface area (Å²) in [5.74, 6) is -0.0206. The third-order valence-electron chi connectivity index (χ3n) is 3.71. The van der Waals surface area contributed by atoms with E-state index in [1.165, 1.54) is 54.8 Å². The number of benzene rings is 2. The van der Waals surface area contributed by atoms with Gasteiger partial charge in [0.25, 0.3) is 5.91 Å². The summed E-state index contributed by atoms with van der Waals surface area (Å²) in [5, 5.41) is 4.81. The van der Waals surface area contributed by atoms with E-state index in [1.807, 2.05) is 0 Å². The molecule has 158 valence electrons. The molecule has 1 aromatic heterocycles. The Bertz CT molecular complexity index is 1150. The van der Waals surface area contributed by atoms with E-state index in [0.717, 1.165) is 6.26 Å². The molecule has 30 heavy (non-hydrogen) atoms. The van der Waals surface area contributed by atoms with Crippen molar-refractivity contribution in [3.8, 4) is 11.5 Å². The fraction of sp³-hybridized carbons (Fsp3) is 0.158. The molecule has 3 rings (SSSR count). The minimum Gasteiger partial charge on any atom is -0.495 e. The van der Waals surface area contributed by atoms with Crippen molar-refractivity contribution in [3.63, 3.8) is 0 Å². The largest absolute Gasteiger partial charge is 0.495 e. The van der Waals surface area contributed by atoms with Crippen molar-refractivity contribution in [1.29, 1.82) is 0 Å². The smallest absolute Gasteiger partial charge is 0.275 e. The number of ether oxygens (including phenoxy) is 2. The number of amides is 1. The maximum absolute atomic E-state index is 12.9. The second-order valence-electron chi connectivity index (χ2n) is 6.11. The number of carbonyl (C=O) groups excluding carboxylic acids is 1. The van der Waals surface area contributed by atoms with Gasteiger partial charge in [-0.3, -0.25) is 9.52 Å². The van der Waals surface area contributed by atoms with Crippen LogP contribution in [-0.4, -0.2) is 32.7 Å². The molecule has 8 nitrogen and oxygen atoms in total. The average Bonchev–Trinajstić information content (AvgIpc) is 3.16. The number of thiazole rings is 1. The molecule has 11 heteroatoms. The topological polar surface area (TPSA) is 107 Å². The monoisotopic (exact) mass is 451 g/mol. The summed E-state index contributed by atoms with van der Waals surface area (Å²) in [4.78, 5) is 16.7. The van der Waals surface area contributed by atoms with E-state index in [2.05, 4.69) is 15.0 Å². The van der Waals surface area contributed by atoms with E-state index in [1.54, 1.807) is 11.4 Å². The minimum atomic E-state index is -3.52. The maximum Gasteiger partial charge on any atom is 0.275 e. The lowest BCUT2D eigenvalue weighted by Gasteiger charge is -2.12. The van der Waals surface area contributed by atoms with Crippen molar-refractivity contribution < 1.29 is 27.1 Å². The molecule has 0 bridgehead atoms. The lowest BCUT2D eigenvalue weighted by Crippen LogP contribution is -2.14. The van der Waals surface area contributed by atoms with E-state index in [4.69, 9.17) is 9.47 Å². The SMILES string of the molecule is COc1ccc(NC(=O)c2csc(COc3ccc(F)cc3)n2)cc1NS(C)(=O)=O. The van der Waals surface area contributed by atoms with Gasteiger partial charge in [-0.1, -0.05) is 0 Å². The van der Waals surface area contributed by atoms with Gasteiger partial charge in [0.15, 0.2) is 0 Å². The molecular formula is C19H18FN3O5S2. The number of hydrogen-bond acceptors (Lipinski definition) is 7. The Morgan fingerprint density at radius 3 is 2.60 bits per heavy atom. The molecule has 0 aliphatic rings. The van der Waals surface area contributed by atoms with Gasteiger partial charge in [0.2, 0.25) is 10.0 Å². The summed E-state index contributed by atoms with van der Waals surface area (Å²) < 4.78 is 48.9. The molecule has 2 N–H and O–H groups in total. The highest BCUT2D eigenvalue weighted by Crippen LogP contribution is 2.29. The highest BCUT2D eigenvalue weighted by atomic mass is 32.2. The number of hydrogen-bond donors (Lipinski definition) is 2. The van der Waals surface area contributed by atoms with Crippen LogP contribution in [0.3, 0.4) is 0 Å². The van der Waals surface area contributed by atoms with Crippen LogP contribution in [0.2, 0.25) is 0 Å². The summed E-state index contributed by atoms with van der Waals surface area (Å²) in [5.41, 5.74) is 0.750. The van der Waals surface area contributed by atoms with E-state index in [9.17, 15) is 17.6 Å². The number of nitrogens with zero attached hydrogens (tertiary/aromatic N) is 1. The molecule has 1 heterocycles. The van der Waals surface area contributed by atoms with Gasteiger partial charge in [0, 0.05) is 11.1 Å². The average molecular weight is 452 g/mol. The standard InChI is InChI=1S/C19H18FN3O5S2/c1-27-17-8-5-13(9-15(17)23-30(2,25)26)21-19(24)16-11-29-18(22-16)10-28-14-6-3-12(20)4-7-14/h3-9,11,23H,10H2,1-2H3,(H,21,24). The first-order valence-electron chi connectivity index (χ1n) is 8.53. The molecular weight excluding hydrogens is 433 g/mol. The predicted molar refractivity (Wildman–Crippen MR) is 112 cm³/mol. The Balaban J connectivity index is 1.66. The maximum atomic E-state index is 12.9. The number of sulfonamides is 1. The molecule has 0 spiro atoms. The van der Waals surface area contributed by atoms with Gasteiger partial charge < -0.3 is 14.8 Å². The quantitative estimate of drug-likeness (QED) is 0.543. The zero-order valence-electron chi connectivity index (χ0n) is 16.0. The first-order chi connectivity index (χ1) is 14.2. The van der Waals surface area contributed by atoms with Crippen molar-refractivity contribution >= 4 is 38.6 Å². The molecule has 0 unspecified atom stereocenters. The molecule has 0 aliphatic carbocycles. The highest BCUT2D eigenvalue weighted by Gasteiger charge is 2.14. The number of halogens is 1. The van der Waals surface area contributed by atoms with Crippen molar-refractivity contribution in [2.24, 2.45) is 0 Å². The van der Waals surface area contributed by atoms with Gasteiger partial charge in [-0.25, -0.2) is 17.8 Å². The molecule has 0 saturated carbocycles. The number of rotatable bonds is 8. The first kappa shape index (κ1) is 21.5. The van der Waals surface area contributed by atoms with Crippen LogP contribution >= 0.6 is 11.3 Å². The van der Waals surface area contributed by atoms with Gasteiger partial charge >= 0.3 is 0 Å². The lowest BCUT2D eigenvalue weighted by atomic mass is 10.2. The van der Waals surface area contributed by atoms with Crippen LogP contribution in [0, 0.1) is 5.82 Å². The van der Waals surface area contributed by atoms with Crippen molar-refractivity contribution in [2.75, 3.05) is 23.4 Å². The summed E-state index contributed by atoms with van der Waals surface area (Å²) in [7, 11) is -2.11. The lowest BCUT2D eigenvalue weighted by molar-refractivity contribution is 0.102. The number of carbonyl (C=O) groups is 1. The van der Waals surface area contributed by atoms with Gasteiger partial charge in [0.05, 0.1) is 19.1 Å². The predicted octanol–water partition coefficient (Wildman–Crippen LogP) is 3.49. The molecule has 0 atom stereocenters. The number of nitrogens with one attached hydrogen (secondary N) is 2. The second-order valence-corrected chi connectivity index (χ2v) is 8.80. The van der Waals surface area contributed by atoms with E-state index in [-0.39, 0.29) is 23.8 Å². The molecule has 3 aromatic rings. The third kappa shape index (κ3) is 5.91. The molecule has 1 amide bonds. The highest BCUT2D eigenvalue weighted by molar-refractivity contribution is 7.92. The van der Waals surface area contributed by atoms with E-state index < -0.39 is 15.9 Å². The number of anilines is 2. The molecule has 0 saturated heterocycles. The van der Waals surface area contributed by atoms with Crippen molar-refractivity contribution in [3.05, 3.63) is 64.4 Å². The fourth-order valence-electron chi connectivity index (χ4n) is 2.42. The summed E-state index contributed by atoms with van der Waals surface area (Å²) in [6.45, 7) is 0.133. The van der Waals surface area contributed by atoms with Crippen LogP contribution in [0.1, 0.15) is 15.5 Å². The van der Waals surface area contributed by atoms with Crippen LogP contribution in [0.4, 0.5) is 15.8 Å². The Hall–Kier alpha value is -3.18. The Labute approximate surface area is 176 Å². The molecule has 0 fully saturated rings. The summed E-state index contributed by atoms with van der Waals surface area (Å²) in [6.07, 6.45) is 1.02. The van der Waals surface area contributed by atoms with Gasteiger partial charge in [-0.05, 0) is 42.5 Å². The summed E-state index contributed by atoms with van der Waals surface area (Å²) in [6, 6.07) is 10.1. The van der Waals surface area contributed by atoms with Gasteiger partial charge in [0.1, 0.15) is 34.6 Å². The minimum absolute atomic E-state index is 0.133. The van der Waals surface area contributed by atoms with Crippen LogP contribution < -0.4 is 19.5 Å². The number of aromatic nitrogens is 1. The zero-order valence-corrected chi connectivity index (χ0v) is 17.6. The Morgan fingerprint density at radius 1 is 1.20 bits per heavy atom. The first-order valence-corrected chi connectivity index (χ1v) is 11.3. The van der Waals surface area contributed by atoms with E-state index in [0.29, 0.717) is 22.2 Å². The van der Waals surface area contributed by atoms with Crippen LogP contribution in [0.5, 0.6) is 11.5 Å². The zero-order chi connectivity index (χ0) is 21.7. The van der Waals surface area contributed by atoms with E-state index >= 15 is 0 Å². The van der Waals surface area contributed by atoms with Crippen LogP contribution in [-0.2, 0) is 16.6 Å². The van der Waals surface area contributed by atoms with Crippen LogP contribution in [0.25, 0.3) is 0 Å². The van der Waals surface area contributed by atoms with Gasteiger partial charge in [-0.15, -0.1) is 11.3 Å². The summed E-state index contributed by atoms with van der Waals surface area (Å²) >= 11 is 1.25. The van der Waals surface area contributed by atoms with Gasteiger partial charge in [-0.2, -0.15) is 0 Å². The Kier molecular flexibility index (Phi) is 6.53. The second kappa shape index (κ2) is 9.09. The van der Waals surface area contributed by atoms with Crippen molar-refractivity contribution in [2.45, 2.75) is 6.61 Å². The fourth-order valence-corrected chi connectivity index (χ4v) is 3.66. The molecule has 0 aliphatic heterocycles. The normalized spacial score (nSPS) is 11.0. The van der Waals surface area contributed by atoms with Crippen LogP contribution in [0.15, 0.2) is 47.8 Å². The van der Waals surface area contributed by atoms with Crippen molar-refractivity contribution in [1.82, 2.24) is 4.98 Å². The number of methoxy groups -OCH3 is 1.